The lowest BCUT2D eigenvalue weighted by molar-refractivity contribution is 0.0849. The maximum absolute atomic E-state index is 12.5. The Bertz CT molecular complexity index is 1070. The average molecular weight is 448 g/mol. The van der Waals surface area contributed by atoms with E-state index in [1.165, 1.54) is 38.8 Å². The van der Waals surface area contributed by atoms with E-state index in [1.807, 2.05) is 6.07 Å². The fourth-order valence-corrected chi connectivity index (χ4v) is 6.22. The van der Waals surface area contributed by atoms with Gasteiger partial charge in [0.2, 0.25) is 10.0 Å². The molecule has 0 atom stereocenters. The fourth-order valence-electron chi connectivity index (χ4n) is 4.07. The summed E-state index contributed by atoms with van der Waals surface area (Å²) in [7, 11) is -3.35. The van der Waals surface area contributed by atoms with Crippen molar-refractivity contribution in [3.8, 4) is 0 Å². The number of hydrogen-bond acceptors (Lipinski definition) is 5. The highest BCUT2D eigenvalue weighted by atomic mass is 32.2. The van der Waals surface area contributed by atoms with Crippen LogP contribution < -0.4 is 15.2 Å². The number of aryl methyl sites for hydroxylation is 3. The van der Waals surface area contributed by atoms with Gasteiger partial charge in [-0.15, -0.1) is 11.3 Å². The fraction of sp³-hybridized carbons (Fsp3) is 0.429. The Morgan fingerprint density at radius 3 is 2.47 bits per heavy atom. The lowest BCUT2D eigenvalue weighted by Gasteiger charge is -2.29. The van der Waals surface area contributed by atoms with Crippen molar-refractivity contribution in [2.75, 3.05) is 17.1 Å². The number of carbonyl (C=O) groups excluding carboxylic acids is 2. The van der Waals surface area contributed by atoms with Crippen LogP contribution in [0.3, 0.4) is 0 Å². The molecule has 160 valence electrons. The molecule has 0 fully saturated rings. The van der Waals surface area contributed by atoms with E-state index < -0.39 is 15.9 Å². The second-order valence-corrected chi connectivity index (χ2v) is 10.9. The number of nitrogens with zero attached hydrogens (tertiary/aromatic N) is 1. The molecule has 2 amide bonds. The van der Waals surface area contributed by atoms with Gasteiger partial charge in [-0.25, -0.2) is 8.42 Å². The van der Waals surface area contributed by atoms with E-state index in [0.717, 1.165) is 31.2 Å². The minimum atomic E-state index is -3.35. The number of sulfonamides is 1. The van der Waals surface area contributed by atoms with Gasteiger partial charge in [-0.1, -0.05) is 6.42 Å². The largest absolute Gasteiger partial charge is 0.279 e. The van der Waals surface area contributed by atoms with E-state index in [4.69, 9.17) is 0 Å². The van der Waals surface area contributed by atoms with E-state index in [2.05, 4.69) is 10.9 Å². The zero-order valence-corrected chi connectivity index (χ0v) is 18.5. The third-order valence-electron chi connectivity index (χ3n) is 5.58. The first-order chi connectivity index (χ1) is 14.3. The molecule has 0 saturated carbocycles. The minimum absolute atomic E-state index is 0.317. The van der Waals surface area contributed by atoms with Crippen LogP contribution in [0, 0.1) is 0 Å². The van der Waals surface area contributed by atoms with Crippen LogP contribution in [0.25, 0.3) is 0 Å². The minimum Gasteiger partial charge on any atom is -0.270 e. The van der Waals surface area contributed by atoms with E-state index >= 15 is 0 Å². The van der Waals surface area contributed by atoms with Gasteiger partial charge in [-0.2, -0.15) is 0 Å². The van der Waals surface area contributed by atoms with Crippen LogP contribution in [-0.2, 0) is 29.3 Å². The summed E-state index contributed by atoms with van der Waals surface area (Å²) in [6.45, 7) is 0.443. The molecule has 0 spiro atoms. The third-order valence-corrected chi connectivity index (χ3v) is 7.99. The Morgan fingerprint density at radius 1 is 0.933 bits per heavy atom. The summed E-state index contributed by atoms with van der Waals surface area (Å²) in [5.41, 5.74) is 8.03. The number of hydrogen-bond donors (Lipinski definition) is 2. The lowest BCUT2D eigenvalue weighted by Crippen LogP contribution is -2.41. The molecule has 9 heteroatoms. The third kappa shape index (κ3) is 4.37. The number of anilines is 1. The first-order valence-electron chi connectivity index (χ1n) is 10.2. The first kappa shape index (κ1) is 20.9. The Morgan fingerprint density at radius 2 is 1.67 bits per heavy atom. The van der Waals surface area contributed by atoms with Crippen LogP contribution in [0.5, 0.6) is 0 Å². The molecule has 0 bridgehead atoms. The van der Waals surface area contributed by atoms with Crippen LogP contribution in [-0.4, -0.2) is 33.0 Å². The van der Waals surface area contributed by atoms with Crippen molar-refractivity contribution in [1.29, 1.82) is 0 Å². The van der Waals surface area contributed by atoms with Crippen LogP contribution in [0.1, 0.15) is 61.7 Å². The SMILES string of the molecule is CS(=O)(=O)N1CCCc2cc(C(=O)NNC(=O)c3cc4c(s3)CCCCC4)ccc21. The highest BCUT2D eigenvalue weighted by Gasteiger charge is 2.25. The number of hydrazine groups is 1. The predicted molar refractivity (Wildman–Crippen MR) is 117 cm³/mol. The molecule has 1 aromatic carbocycles. The summed E-state index contributed by atoms with van der Waals surface area (Å²) < 4.78 is 25.3. The number of fused-ring (bicyclic) bond motifs is 2. The monoisotopic (exact) mass is 447 g/mol. The van der Waals surface area contributed by atoms with Crippen molar-refractivity contribution < 1.29 is 18.0 Å². The number of amides is 2. The van der Waals surface area contributed by atoms with E-state index in [-0.39, 0.29) is 5.91 Å². The molecule has 30 heavy (non-hydrogen) atoms. The summed E-state index contributed by atoms with van der Waals surface area (Å²) in [5.74, 6) is -0.747. The van der Waals surface area contributed by atoms with Gasteiger partial charge in [0.1, 0.15) is 0 Å². The highest BCUT2D eigenvalue weighted by Crippen LogP contribution is 2.30. The Kier molecular flexibility index (Phi) is 5.84. The Labute approximate surface area is 180 Å². The van der Waals surface area contributed by atoms with Gasteiger partial charge in [0, 0.05) is 17.0 Å². The zero-order valence-electron chi connectivity index (χ0n) is 16.9. The molecular weight excluding hydrogens is 422 g/mol. The number of thiophene rings is 1. The second kappa shape index (κ2) is 8.39. The van der Waals surface area contributed by atoms with Crippen LogP contribution >= 0.6 is 11.3 Å². The average Bonchev–Trinajstić information content (AvgIpc) is 3.00. The molecule has 0 radical (unpaired) electrons. The van der Waals surface area contributed by atoms with Gasteiger partial charge in [0.25, 0.3) is 11.8 Å². The smallest absolute Gasteiger partial charge is 0.270 e. The van der Waals surface area contributed by atoms with Gasteiger partial charge in [-0.05, 0) is 73.9 Å². The van der Waals surface area contributed by atoms with Crippen molar-refractivity contribution in [1.82, 2.24) is 10.9 Å². The molecule has 4 rings (SSSR count). The predicted octanol–water partition coefficient (Wildman–Crippen LogP) is 2.80. The highest BCUT2D eigenvalue weighted by molar-refractivity contribution is 7.92. The molecule has 1 aromatic heterocycles. The van der Waals surface area contributed by atoms with Crippen molar-refractivity contribution >= 4 is 38.9 Å². The van der Waals surface area contributed by atoms with Crippen LogP contribution in [0.2, 0.25) is 0 Å². The summed E-state index contributed by atoms with van der Waals surface area (Å²) in [4.78, 5) is 26.9. The lowest BCUT2D eigenvalue weighted by atomic mass is 10.0. The molecular formula is C21H25N3O4S2. The number of nitrogens with one attached hydrogen (secondary N) is 2. The van der Waals surface area contributed by atoms with Crippen molar-refractivity contribution in [3.63, 3.8) is 0 Å². The maximum Gasteiger partial charge on any atom is 0.279 e. The van der Waals surface area contributed by atoms with Gasteiger partial charge < -0.3 is 0 Å². The number of benzene rings is 1. The van der Waals surface area contributed by atoms with Crippen molar-refractivity contribution in [2.45, 2.75) is 44.9 Å². The molecule has 0 saturated heterocycles. The summed E-state index contributed by atoms with van der Waals surface area (Å²) >= 11 is 1.50. The Hall–Kier alpha value is -2.39. The normalized spacial score (nSPS) is 16.2. The Balaban J connectivity index is 1.43. The van der Waals surface area contributed by atoms with Gasteiger partial charge in [-0.3, -0.25) is 24.7 Å². The summed E-state index contributed by atoms with van der Waals surface area (Å²) in [6.07, 6.45) is 8.13. The molecule has 2 aliphatic rings. The first-order valence-corrected chi connectivity index (χ1v) is 12.8. The van der Waals surface area contributed by atoms with Gasteiger partial charge >= 0.3 is 0 Å². The summed E-state index contributed by atoms with van der Waals surface area (Å²) in [6, 6.07) is 6.87. The topological polar surface area (TPSA) is 95.6 Å². The van der Waals surface area contributed by atoms with E-state index in [1.54, 1.807) is 18.2 Å². The van der Waals surface area contributed by atoms with Gasteiger partial charge in [0.05, 0.1) is 16.8 Å². The summed E-state index contributed by atoms with van der Waals surface area (Å²) in [5, 5.41) is 0. The van der Waals surface area contributed by atoms with Crippen molar-refractivity contribution in [3.05, 3.63) is 50.7 Å². The zero-order chi connectivity index (χ0) is 21.3. The van der Waals surface area contributed by atoms with Crippen molar-refractivity contribution in [2.24, 2.45) is 0 Å². The van der Waals surface area contributed by atoms with Crippen LogP contribution in [0.15, 0.2) is 24.3 Å². The van der Waals surface area contributed by atoms with E-state index in [0.29, 0.717) is 35.5 Å². The maximum atomic E-state index is 12.5. The van der Waals surface area contributed by atoms with Crippen LogP contribution in [0.4, 0.5) is 5.69 Å². The standard InChI is InChI=1S/C21H25N3O4S2/c1-30(27,28)24-11-5-7-14-12-16(9-10-17(14)24)20(25)22-23-21(26)19-13-15-6-3-2-4-8-18(15)29-19/h9-10,12-13H,2-8,11H2,1H3,(H,22,25)(H,23,26). The molecule has 1 aliphatic carbocycles. The molecule has 2 N–H and O–H groups in total. The molecule has 7 nitrogen and oxygen atoms in total. The van der Waals surface area contributed by atoms with E-state index in [9.17, 15) is 18.0 Å². The molecule has 2 heterocycles. The number of rotatable bonds is 3. The van der Waals surface area contributed by atoms with Gasteiger partial charge in [0.15, 0.2) is 0 Å². The second-order valence-electron chi connectivity index (χ2n) is 7.81. The molecule has 2 aromatic rings. The number of carbonyl (C=O) groups is 2. The quantitative estimate of drug-likeness (QED) is 0.559. The molecule has 0 unspecified atom stereocenters. The molecule has 1 aliphatic heterocycles.